The molecule has 1 heterocycles. The van der Waals surface area contributed by atoms with Gasteiger partial charge in [0.15, 0.2) is 0 Å². The molecule has 0 radical (unpaired) electrons. The molecule has 32 heavy (non-hydrogen) atoms. The van der Waals surface area contributed by atoms with Crippen LogP contribution in [0.2, 0.25) is 5.02 Å². The molecule has 2 aromatic rings. The van der Waals surface area contributed by atoms with Crippen LogP contribution in [0.3, 0.4) is 0 Å². The standard InChI is InChI=1S/C22H25ClN4O5/c1-32-12-4-9-24-22(29)17-14-16(6-8-19(17)26-10-2-3-11-26)25-21(28)15-5-7-18(23)20(13-15)27(30)31/h5-8,13-14H,2-4,9-12H2,1H3,(H,24,29)(H,25,28). The van der Waals surface area contributed by atoms with Crippen molar-refractivity contribution < 1.29 is 19.2 Å². The Bertz CT molecular complexity index is 1010. The lowest BCUT2D eigenvalue weighted by Gasteiger charge is -2.22. The van der Waals surface area contributed by atoms with Crippen LogP contribution in [-0.2, 0) is 4.74 Å². The maximum absolute atomic E-state index is 12.9. The Morgan fingerprint density at radius 1 is 1.16 bits per heavy atom. The lowest BCUT2D eigenvalue weighted by atomic mass is 10.1. The van der Waals surface area contributed by atoms with Crippen molar-refractivity contribution in [3.8, 4) is 0 Å². The van der Waals surface area contributed by atoms with E-state index in [0.29, 0.717) is 30.8 Å². The normalized spacial score (nSPS) is 13.1. The van der Waals surface area contributed by atoms with Gasteiger partial charge in [-0.15, -0.1) is 0 Å². The van der Waals surface area contributed by atoms with E-state index in [1.807, 2.05) is 6.07 Å². The SMILES string of the molecule is COCCCNC(=O)c1cc(NC(=O)c2ccc(Cl)c([N+](=O)[O-])c2)ccc1N1CCCC1. The number of benzene rings is 2. The maximum Gasteiger partial charge on any atom is 0.288 e. The largest absolute Gasteiger partial charge is 0.385 e. The van der Waals surface area contributed by atoms with E-state index < -0.39 is 10.8 Å². The number of anilines is 2. The molecule has 170 valence electrons. The van der Waals surface area contributed by atoms with E-state index in [9.17, 15) is 19.7 Å². The first-order chi connectivity index (χ1) is 15.4. The molecular weight excluding hydrogens is 436 g/mol. The van der Waals surface area contributed by atoms with E-state index in [-0.39, 0.29) is 22.2 Å². The van der Waals surface area contributed by atoms with Crippen LogP contribution >= 0.6 is 11.6 Å². The van der Waals surface area contributed by atoms with Crippen molar-refractivity contribution in [2.45, 2.75) is 19.3 Å². The summed E-state index contributed by atoms with van der Waals surface area (Å²) in [5.74, 6) is -0.772. The van der Waals surface area contributed by atoms with Gasteiger partial charge in [0.2, 0.25) is 0 Å². The number of hydrogen-bond donors (Lipinski definition) is 2. The molecule has 10 heteroatoms. The van der Waals surface area contributed by atoms with Gasteiger partial charge in [-0.2, -0.15) is 0 Å². The summed E-state index contributed by atoms with van der Waals surface area (Å²) in [7, 11) is 1.61. The topological polar surface area (TPSA) is 114 Å². The fourth-order valence-electron chi connectivity index (χ4n) is 3.54. The minimum atomic E-state index is -0.643. The van der Waals surface area contributed by atoms with Crippen LogP contribution in [0.4, 0.5) is 17.1 Å². The molecule has 0 atom stereocenters. The number of nitro groups is 1. The number of methoxy groups -OCH3 is 1. The van der Waals surface area contributed by atoms with Gasteiger partial charge in [-0.1, -0.05) is 11.6 Å². The van der Waals surface area contributed by atoms with E-state index >= 15 is 0 Å². The van der Waals surface area contributed by atoms with Gasteiger partial charge in [0.25, 0.3) is 17.5 Å². The Labute approximate surface area is 190 Å². The van der Waals surface area contributed by atoms with Crippen molar-refractivity contribution in [2.24, 2.45) is 0 Å². The van der Waals surface area contributed by atoms with Gasteiger partial charge in [0, 0.05) is 56.4 Å². The van der Waals surface area contributed by atoms with Crippen molar-refractivity contribution in [1.29, 1.82) is 0 Å². The highest BCUT2D eigenvalue weighted by molar-refractivity contribution is 6.32. The zero-order valence-electron chi connectivity index (χ0n) is 17.7. The second-order valence-electron chi connectivity index (χ2n) is 7.41. The summed E-state index contributed by atoms with van der Waals surface area (Å²) in [6, 6.07) is 9.00. The predicted octanol–water partition coefficient (Wildman–Crippen LogP) is 3.87. The minimum Gasteiger partial charge on any atom is -0.385 e. The number of hydrogen-bond acceptors (Lipinski definition) is 6. The van der Waals surface area contributed by atoms with Crippen LogP contribution in [0.15, 0.2) is 36.4 Å². The van der Waals surface area contributed by atoms with Crippen molar-refractivity contribution in [2.75, 3.05) is 43.6 Å². The van der Waals surface area contributed by atoms with E-state index in [2.05, 4.69) is 15.5 Å². The molecule has 1 aliphatic heterocycles. The smallest absolute Gasteiger partial charge is 0.288 e. The van der Waals surface area contributed by atoms with Crippen molar-refractivity contribution in [3.63, 3.8) is 0 Å². The first-order valence-corrected chi connectivity index (χ1v) is 10.7. The third kappa shape index (κ3) is 5.74. The van der Waals surface area contributed by atoms with Crippen LogP contribution in [0, 0.1) is 10.1 Å². The van der Waals surface area contributed by atoms with Gasteiger partial charge in [0.1, 0.15) is 5.02 Å². The zero-order valence-corrected chi connectivity index (χ0v) is 18.5. The quantitative estimate of drug-likeness (QED) is 0.333. The summed E-state index contributed by atoms with van der Waals surface area (Å²) >= 11 is 5.82. The Morgan fingerprint density at radius 3 is 2.59 bits per heavy atom. The number of amides is 2. The molecule has 2 N–H and O–H groups in total. The Morgan fingerprint density at radius 2 is 1.91 bits per heavy atom. The molecule has 0 saturated carbocycles. The lowest BCUT2D eigenvalue weighted by Crippen LogP contribution is -2.29. The van der Waals surface area contributed by atoms with Crippen LogP contribution in [-0.4, -0.2) is 50.1 Å². The molecule has 2 aromatic carbocycles. The van der Waals surface area contributed by atoms with Crippen molar-refractivity contribution in [3.05, 3.63) is 62.7 Å². The first kappa shape index (κ1) is 23.5. The molecule has 0 aliphatic carbocycles. The van der Waals surface area contributed by atoms with Crippen molar-refractivity contribution in [1.82, 2.24) is 5.32 Å². The minimum absolute atomic E-state index is 0.0473. The van der Waals surface area contributed by atoms with E-state index in [1.165, 1.54) is 12.1 Å². The maximum atomic E-state index is 12.9. The first-order valence-electron chi connectivity index (χ1n) is 10.3. The van der Waals surface area contributed by atoms with Gasteiger partial charge in [0.05, 0.1) is 10.5 Å². The fraction of sp³-hybridized carbons (Fsp3) is 0.364. The van der Waals surface area contributed by atoms with Crippen LogP contribution < -0.4 is 15.5 Å². The highest BCUT2D eigenvalue weighted by Gasteiger charge is 2.21. The molecule has 1 saturated heterocycles. The lowest BCUT2D eigenvalue weighted by molar-refractivity contribution is -0.384. The Kier molecular flexibility index (Phi) is 8.02. The molecule has 0 unspecified atom stereocenters. The highest BCUT2D eigenvalue weighted by Crippen LogP contribution is 2.29. The summed E-state index contributed by atoms with van der Waals surface area (Å²) in [5, 5.41) is 16.6. The fourth-order valence-corrected chi connectivity index (χ4v) is 3.73. The summed E-state index contributed by atoms with van der Waals surface area (Å²) in [6.45, 7) is 2.74. The van der Waals surface area contributed by atoms with E-state index in [1.54, 1.807) is 19.2 Å². The molecule has 3 rings (SSSR count). The van der Waals surface area contributed by atoms with Crippen molar-refractivity contribution >= 4 is 40.5 Å². The summed E-state index contributed by atoms with van der Waals surface area (Å²) in [5.41, 5.74) is 1.43. The number of carbonyl (C=O) groups is 2. The number of halogens is 1. The number of nitrogens with one attached hydrogen (secondary N) is 2. The molecule has 1 aliphatic rings. The summed E-state index contributed by atoms with van der Waals surface area (Å²) in [6.07, 6.45) is 2.80. The van der Waals surface area contributed by atoms with Crippen LogP contribution in [0.5, 0.6) is 0 Å². The molecular formula is C22H25ClN4O5. The Hall–Kier alpha value is -3.17. The number of nitrogens with zero attached hydrogens (tertiary/aromatic N) is 2. The number of nitro benzene ring substituents is 1. The summed E-state index contributed by atoms with van der Waals surface area (Å²) < 4.78 is 5.01. The van der Waals surface area contributed by atoms with E-state index in [4.69, 9.17) is 16.3 Å². The summed E-state index contributed by atoms with van der Waals surface area (Å²) in [4.78, 5) is 38.1. The zero-order chi connectivity index (χ0) is 23.1. The second-order valence-corrected chi connectivity index (χ2v) is 7.81. The molecule has 0 spiro atoms. The Balaban J connectivity index is 1.82. The average molecular weight is 461 g/mol. The average Bonchev–Trinajstić information content (AvgIpc) is 3.31. The molecule has 1 fully saturated rings. The molecule has 2 amide bonds. The van der Waals surface area contributed by atoms with Gasteiger partial charge in [-0.05, 0) is 49.6 Å². The molecule has 9 nitrogen and oxygen atoms in total. The molecule has 0 bridgehead atoms. The number of carbonyl (C=O) groups excluding carboxylic acids is 2. The van der Waals surface area contributed by atoms with Gasteiger partial charge in [-0.25, -0.2) is 0 Å². The number of rotatable bonds is 9. The highest BCUT2D eigenvalue weighted by atomic mass is 35.5. The number of ether oxygens (including phenoxy) is 1. The monoisotopic (exact) mass is 460 g/mol. The third-order valence-corrected chi connectivity index (χ3v) is 5.48. The van der Waals surface area contributed by atoms with Gasteiger partial charge in [-0.3, -0.25) is 19.7 Å². The third-order valence-electron chi connectivity index (χ3n) is 5.16. The second kappa shape index (κ2) is 10.9. The predicted molar refractivity (Wildman–Crippen MR) is 123 cm³/mol. The van der Waals surface area contributed by atoms with Crippen LogP contribution in [0.25, 0.3) is 0 Å². The van der Waals surface area contributed by atoms with E-state index in [0.717, 1.165) is 37.7 Å². The van der Waals surface area contributed by atoms with Gasteiger partial charge >= 0.3 is 0 Å². The van der Waals surface area contributed by atoms with Crippen LogP contribution in [0.1, 0.15) is 40.0 Å². The molecule has 0 aromatic heterocycles. The van der Waals surface area contributed by atoms with Gasteiger partial charge < -0.3 is 20.3 Å².